The van der Waals surface area contributed by atoms with Gasteiger partial charge in [0, 0.05) is 54.7 Å². The number of rotatable bonds is 5. The zero-order chi connectivity index (χ0) is 24.6. The Morgan fingerprint density at radius 1 is 1.00 bits per heavy atom. The minimum absolute atomic E-state index is 0.466. The summed E-state index contributed by atoms with van der Waals surface area (Å²) in [7, 11) is -0.904. The van der Waals surface area contributed by atoms with Crippen molar-refractivity contribution in [1.29, 1.82) is 0 Å². The molecule has 4 heterocycles. The van der Waals surface area contributed by atoms with Crippen LogP contribution in [0, 0.1) is 5.92 Å². The first-order valence-electron chi connectivity index (χ1n) is 12.2. The van der Waals surface area contributed by atoms with Crippen LogP contribution in [0.15, 0.2) is 73.1 Å². The minimum Gasteiger partial charge on any atom is -0.382 e. The summed E-state index contributed by atoms with van der Waals surface area (Å²) >= 11 is 0. The Balaban J connectivity index is 1.38. The van der Waals surface area contributed by atoms with E-state index in [1.807, 2.05) is 28.7 Å². The van der Waals surface area contributed by atoms with Crippen molar-refractivity contribution in [3.63, 3.8) is 0 Å². The Kier molecular flexibility index (Phi) is 5.99. The topological polar surface area (TPSA) is 89.4 Å². The Morgan fingerprint density at radius 3 is 2.56 bits per heavy atom. The maximum absolute atomic E-state index is 11.8. The van der Waals surface area contributed by atoms with Crippen LogP contribution in [0.3, 0.4) is 0 Å². The second-order valence-electron chi connectivity index (χ2n) is 9.38. The van der Waals surface area contributed by atoms with Gasteiger partial charge in [0.15, 0.2) is 0 Å². The number of nitrogens with zero attached hydrogens (tertiary/aromatic N) is 5. The van der Waals surface area contributed by atoms with Crippen molar-refractivity contribution < 1.29 is 4.21 Å². The number of hydrogen-bond donors (Lipinski definition) is 1. The van der Waals surface area contributed by atoms with Gasteiger partial charge in [-0.2, -0.15) is 0 Å². The van der Waals surface area contributed by atoms with E-state index in [0.29, 0.717) is 11.7 Å². The van der Waals surface area contributed by atoms with Gasteiger partial charge >= 0.3 is 0 Å². The Labute approximate surface area is 212 Å². The van der Waals surface area contributed by atoms with Crippen molar-refractivity contribution in [3.8, 4) is 22.5 Å². The van der Waals surface area contributed by atoms with Crippen LogP contribution in [-0.4, -0.2) is 47.2 Å². The molecule has 8 heteroatoms. The van der Waals surface area contributed by atoms with Crippen LogP contribution in [0.25, 0.3) is 38.9 Å². The molecule has 0 amide bonds. The summed E-state index contributed by atoms with van der Waals surface area (Å²) in [5, 5.41) is 1.08. The van der Waals surface area contributed by atoms with E-state index >= 15 is 0 Å². The molecule has 3 aromatic heterocycles. The number of aromatic nitrogens is 4. The van der Waals surface area contributed by atoms with Crippen LogP contribution in [-0.2, 0) is 17.4 Å². The van der Waals surface area contributed by atoms with Gasteiger partial charge in [-0.05, 0) is 30.9 Å². The molecular formula is C28H28N6OS. The molecule has 1 aliphatic rings. The van der Waals surface area contributed by atoms with Crippen molar-refractivity contribution in [2.45, 2.75) is 19.3 Å². The highest BCUT2D eigenvalue weighted by atomic mass is 32.2. The highest BCUT2D eigenvalue weighted by molar-refractivity contribution is 7.81. The van der Waals surface area contributed by atoms with Crippen LogP contribution in [0.4, 0.5) is 5.82 Å². The molecular weight excluding hydrogens is 468 g/mol. The third-order valence-electron chi connectivity index (χ3n) is 7.10. The molecule has 1 atom stereocenters. The largest absolute Gasteiger partial charge is 0.382 e. The van der Waals surface area contributed by atoms with Crippen LogP contribution < -0.4 is 5.73 Å². The van der Waals surface area contributed by atoms with Gasteiger partial charge in [0.25, 0.3) is 0 Å². The number of imidazole rings is 1. The highest BCUT2D eigenvalue weighted by Gasteiger charge is 2.24. The van der Waals surface area contributed by atoms with Gasteiger partial charge in [-0.1, -0.05) is 48.5 Å². The molecule has 36 heavy (non-hydrogen) atoms. The maximum atomic E-state index is 11.8. The first kappa shape index (κ1) is 22.8. The minimum atomic E-state index is -0.904. The Bertz CT molecular complexity index is 1570. The van der Waals surface area contributed by atoms with E-state index < -0.39 is 11.0 Å². The van der Waals surface area contributed by atoms with E-state index in [-0.39, 0.29) is 0 Å². The van der Waals surface area contributed by atoms with Crippen molar-refractivity contribution in [1.82, 2.24) is 23.7 Å². The van der Waals surface area contributed by atoms with Crippen LogP contribution in [0.5, 0.6) is 0 Å². The van der Waals surface area contributed by atoms with Crippen molar-refractivity contribution >= 4 is 33.2 Å². The Hall–Kier alpha value is -3.62. The van der Waals surface area contributed by atoms with Crippen molar-refractivity contribution in [3.05, 3.63) is 78.9 Å². The van der Waals surface area contributed by atoms with E-state index in [4.69, 9.17) is 15.7 Å². The highest BCUT2D eigenvalue weighted by Crippen LogP contribution is 2.32. The standard InChI is InChI=1S/C28H28N6OS/c1-36(35)33-14-11-19(12-15-33)17-25-32-26(27-28(29)30-13-16-34(25)27)22-8-7-21-9-10-23(31-24(21)18-22)20-5-3-2-4-6-20/h2-10,13,16,18-19H,11-12,14-15,17H2,1H3,(H2,29,30). The lowest BCUT2D eigenvalue weighted by atomic mass is 9.94. The smallest absolute Gasteiger partial charge is 0.150 e. The molecule has 2 N–H and O–H groups in total. The summed E-state index contributed by atoms with van der Waals surface area (Å²) in [5.74, 6) is 1.94. The molecule has 5 aromatic rings. The SMILES string of the molecule is CS(=O)N1CCC(Cc2nc(-c3ccc4ccc(-c5ccccc5)nc4c3)c3c(N)nccn23)CC1. The average Bonchev–Trinajstić information content (AvgIpc) is 3.28. The molecule has 0 bridgehead atoms. The van der Waals surface area contributed by atoms with Crippen molar-refractivity contribution in [2.75, 3.05) is 25.1 Å². The van der Waals surface area contributed by atoms with Gasteiger partial charge in [-0.15, -0.1) is 0 Å². The molecule has 7 nitrogen and oxygen atoms in total. The molecule has 1 unspecified atom stereocenters. The van der Waals surface area contributed by atoms with Gasteiger partial charge in [-0.3, -0.25) is 4.40 Å². The average molecular weight is 497 g/mol. The number of hydrogen-bond acceptors (Lipinski definition) is 5. The third kappa shape index (κ3) is 4.27. The van der Waals surface area contributed by atoms with Gasteiger partial charge in [-0.25, -0.2) is 23.5 Å². The number of fused-ring (bicyclic) bond motifs is 2. The summed E-state index contributed by atoms with van der Waals surface area (Å²) in [6.07, 6.45) is 8.29. The second kappa shape index (κ2) is 9.44. The first-order valence-corrected chi connectivity index (χ1v) is 13.7. The van der Waals surface area contributed by atoms with E-state index in [2.05, 4.69) is 51.8 Å². The zero-order valence-electron chi connectivity index (χ0n) is 20.2. The van der Waals surface area contributed by atoms with Crippen LogP contribution in [0.1, 0.15) is 18.7 Å². The number of nitrogen functional groups attached to an aromatic ring is 1. The predicted octanol–water partition coefficient (Wildman–Crippen LogP) is 4.74. The lowest BCUT2D eigenvalue weighted by Crippen LogP contribution is -2.35. The maximum Gasteiger partial charge on any atom is 0.150 e. The van der Waals surface area contributed by atoms with Crippen LogP contribution >= 0.6 is 0 Å². The summed E-state index contributed by atoms with van der Waals surface area (Å²) in [6, 6.07) is 20.6. The first-order chi connectivity index (χ1) is 17.6. The fourth-order valence-corrected chi connectivity index (χ4v) is 5.86. The fraction of sp³-hybridized carbons (Fsp3) is 0.250. The molecule has 0 saturated carbocycles. The molecule has 1 fully saturated rings. The summed E-state index contributed by atoms with van der Waals surface area (Å²) in [4.78, 5) is 14.4. The normalized spacial score (nSPS) is 16.0. The van der Waals surface area contributed by atoms with E-state index in [0.717, 1.165) is 77.1 Å². The Morgan fingerprint density at radius 2 is 1.78 bits per heavy atom. The molecule has 2 aromatic carbocycles. The van der Waals surface area contributed by atoms with Gasteiger partial charge in [0.1, 0.15) is 22.9 Å². The van der Waals surface area contributed by atoms with E-state index in [9.17, 15) is 4.21 Å². The van der Waals surface area contributed by atoms with Gasteiger partial charge < -0.3 is 5.73 Å². The molecule has 0 radical (unpaired) electrons. The number of anilines is 1. The zero-order valence-corrected chi connectivity index (χ0v) is 21.0. The lowest BCUT2D eigenvalue weighted by Gasteiger charge is -2.29. The van der Waals surface area contributed by atoms with Gasteiger partial charge in [0.05, 0.1) is 22.2 Å². The number of piperidine rings is 1. The van der Waals surface area contributed by atoms with Crippen molar-refractivity contribution in [2.24, 2.45) is 5.92 Å². The summed E-state index contributed by atoms with van der Waals surface area (Å²) < 4.78 is 16.0. The molecule has 0 aliphatic carbocycles. The third-order valence-corrected chi connectivity index (χ3v) is 8.19. The van der Waals surface area contributed by atoms with Gasteiger partial charge in [0.2, 0.25) is 0 Å². The summed E-state index contributed by atoms with van der Waals surface area (Å²) in [6.45, 7) is 1.71. The molecule has 1 saturated heterocycles. The van der Waals surface area contributed by atoms with E-state index in [1.54, 1.807) is 12.5 Å². The molecule has 0 spiro atoms. The fourth-order valence-electron chi connectivity index (χ4n) is 5.13. The number of nitrogens with two attached hydrogens (primary N) is 1. The second-order valence-corrected chi connectivity index (χ2v) is 10.7. The molecule has 1 aliphatic heterocycles. The number of pyridine rings is 1. The molecule has 6 rings (SSSR count). The molecule has 182 valence electrons. The monoisotopic (exact) mass is 496 g/mol. The number of benzene rings is 2. The lowest BCUT2D eigenvalue weighted by molar-refractivity contribution is 0.280. The van der Waals surface area contributed by atoms with Crippen LogP contribution in [0.2, 0.25) is 0 Å². The predicted molar refractivity (Wildman–Crippen MR) is 146 cm³/mol. The van der Waals surface area contributed by atoms with E-state index in [1.165, 1.54) is 0 Å². The quantitative estimate of drug-likeness (QED) is 0.380. The summed E-state index contributed by atoms with van der Waals surface area (Å²) in [5.41, 5.74) is 12.0.